The number of amides is 2. The third kappa shape index (κ3) is 4.32. The summed E-state index contributed by atoms with van der Waals surface area (Å²) in [5.41, 5.74) is 0.717. The van der Waals surface area contributed by atoms with E-state index in [-0.39, 0.29) is 11.3 Å². The lowest BCUT2D eigenvalue weighted by Gasteiger charge is -2.13. The number of fused-ring (bicyclic) bond motifs is 1. The van der Waals surface area contributed by atoms with Gasteiger partial charge in [-0.2, -0.15) is 0 Å². The molecular formula is C19H17ClN2O5. The van der Waals surface area contributed by atoms with Crippen molar-refractivity contribution in [1.29, 1.82) is 0 Å². The van der Waals surface area contributed by atoms with Crippen molar-refractivity contribution >= 4 is 34.8 Å². The highest BCUT2D eigenvalue weighted by Crippen LogP contribution is 2.39. The maximum atomic E-state index is 12.6. The van der Waals surface area contributed by atoms with E-state index in [0.717, 1.165) is 12.5 Å². The fourth-order valence-corrected chi connectivity index (χ4v) is 2.76. The molecule has 2 aromatic rings. The van der Waals surface area contributed by atoms with Gasteiger partial charge in [-0.15, -0.1) is 0 Å². The maximum Gasteiger partial charge on any atom is 0.259 e. The number of rotatable bonds is 4. The highest BCUT2D eigenvalue weighted by Gasteiger charge is 2.18. The van der Waals surface area contributed by atoms with Crippen LogP contribution in [-0.4, -0.2) is 30.1 Å². The Balaban J connectivity index is 1.84. The minimum Gasteiger partial charge on any atom is -0.507 e. The van der Waals surface area contributed by atoms with Crippen LogP contribution in [0.5, 0.6) is 17.2 Å². The zero-order valence-corrected chi connectivity index (χ0v) is 15.0. The Kier molecular flexibility index (Phi) is 5.52. The Morgan fingerprint density at radius 1 is 1.11 bits per heavy atom. The van der Waals surface area contributed by atoms with Crippen molar-refractivity contribution < 1.29 is 24.2 Å². The third-order valence-electron chi connectivity index (χ3n) is 3.75. The first-order chi connectivity index (χ1) is 13.0. The summed E-state index contributed by atoms with van der Waals surface area (Å²) in [5.74, 6) is -0.366. The van der Waals surface area contributed by atoms with Gasteiger partial charge in [0.05, 0.1) is 23.8 Å². The third-order valence-corrected chi connectivity index (χ3v) is 4.03. The Bertz CT molecular complexity index is 913. The predicted molar refractivity (Wildman–Crippen MR) is 102 cm³/mol. The number of halogens is 1. The van der Waals surface area contributed by atoms with Gasteiger partial charge in [-0.3, -0.25) is 9.59 Å². The number of carbonyl (C=O) groups is 2. The van der Waals surface area contributed by atoms with Gasteiger partial charge in [-0.1, -0.05) is 18.2 Å². The van der Waals surface area contributed by atoms with Crippen LogP contribution in [0.1, 0.15) is 16.8 Å². The fraction of sp³-hybridized carbons (Fsp3) is 0.158. The van der Waals surface area contributed by atoms with E-state index in [0.29, 0.717) is 41.1 Å². The summed E-state index contributed by atoms with van der Waals surface area (Å²) in [7, 11) is 0. The number of anilines is 2. The summed E-state index contributed by atoms with van der Waals surface area (Å²) in [5, 5.41) is 15.5. The minimum absolute atomic E-state index is 0.0138. The normalized spacial score (nSPS) is 12.6. The second-order valence-corrected chi connectivity index (χ2v) is 6.12. The van der Waals surface area contributed by atoms with E-state index in [1.165, 1.54) is 24.3 Å². The maximum absolute atomic E-state index is 12.6. The second-order valence-electron chi connectivity index (χ2n) is 5.72. The highest BCUT2D eigenvalue weighted by molar-refractivity contribution is 6.32. The number of phenols is 1. The van der Waals surface area contributed by atoms with E-state index in [1.807, 2.05) is 0 Å². The molecule has 27 heavy (non-hydrogen) atoms. The monoisotopic (exact) mass is 388 g/mol. The largest absolute Gasteiger partial charge is 0.507 e. The van der Waals surface area contributed by atoms with Crippen molar-refractivity contribution in [2.45, 2.75) is 6.42 Å². The summed E-state index contributed by atoms with van der Waals surface area (Å²) in [6, 6.07) is 7.28. The van der Waals surface area contributed by atoms with Crippen molar-refractivity contribution in [3.05, 3.63) is 53.6 Å². The van der Waals surface area contributed by atoms with Gasteiger partial charge >= 0.3 is 0 Å². The Morgan fingerprint density at radius 3 is 2.67 bits per heavy atom. The van der Waals surface area contributed by atoms with Gasteiger partial charge in [0.2, 0.25) is 5.91 Å². The molecule has 0 unspecified atom stereocenters. The van der Waals surface area contributed by atoms with Crippen molar-refractivity contribution in [3.8, 4) is 17.2 Å². The molecule has 0 spiro atoms. The Labute approximate surface area is 160 Å². The lowest BCUT2D eigenvalue weighted by Crippen LogP contribution is -2.14. The molecule has 0 radical (unpaired) electrons. The number of nitrogens with one attached hydrogen (secondary N) is 2. The molecule has 1 aliphatic rings. The fourth-order valence-electron chi connectivity index (χ4n) is 2.49. The number of benzene rings is 2. The van der Waals surface area contributed by atoms with Gasteiger partial charge in [-0.25, -0.2) is 0 Å². The van der Waals surface area contributed by atoms with Crippen LogP contribution in [0.3, 0.4) is 0 Å². The molecular weight excluding hydrogens is 372 g/mol. The zero-order valence-electron chi connectivity index (χ0n) is 14.3. The summed E-state index contributed by atoms with van der Waals surface area (Å²) >= 11 is 6.22. The topological polar surface area (TPSA) is 96.9 Å². The van der Waals surface area contributed by atoms with Crippen LogP contribution in [0.2, 0.25) is 5.02 Å². The smallest absolute Gasteiger partial charge is 0.259 e. The van der Waals surface area contributed by atoms with Crippen LogP contribution in [0.15, 0.2) is 43.0 Å². The van der Waals surface area contributed by atoms with E-state index in [4.69, 9.17) is 21.1 Å². The molecule has 0 aliphatic carbocycles. The van der Waals surface area contributed by atoms with Gasteiger partial charge < -0.3 is 25.2 Å². The van der Waals surface area contributed by atoms with Crippen LogP contribution in [0.4, 0.5) is 11.4 Å². The summed E-state index contributed by atoms with van der Waals surface area (Å²) in [4.78, 5) is 24.0. The van der Waals surface area contributed by atoms with Gasteiger partial charge in [0, 0.05) is 23.9 Å². The van der Waals surface area contributed by atoms with Crippen molar-refractivity contribution in [1.82, 2.24) is 0 Å². The van der Waals surface area contributed by atoms with Crippen molar-refractivity contribution in [2.75, 3.05) is 23.8 Å². The SMILES string of the molecule is C=CC(=O)Nc1ccc(O)c(C(=O)Nc2cc(Cl)c3c(c2)OCCCO3)c1. The van der Waals surface area contributed by atoms with Gasteiger partial charge in [0.1, 0.15) is 5.75 Å². The molecule has 2 amide bonds. The molecule has 0 aromatic heterocycles. The molecule has 3 N–H and O–H groups in total. The van der Waals surface area contributed by atoms with E-state index < -0.39 is 11.8 Å². The lowest BCUT2D eigenvalue weighted by molar-refractivity contribution is -0.111. The zero-order chi connectivity index (χ0) is 19.4. The Morgan fingerprint density at radius 2 is 1.89 bits per heavy atom. The first-order valence-corrected chi connectivity index (χ1v) is 8.52. The number of carbonyl (C=O) groups excluding carboxylic acids is 2. The Hall–Kier alpha value is -3.19. The molecule has 1 heterocycles. The number of aromatic hydroxyl groups is 1. The minimum atomic E-state index is -0.576. The van der Waals surface area contributed by atoms with E-state index in [9.17, 15) is 14.7 Å². The first-order valence-electron chi connectivity index (χ1n) is 8.15. The standard InChI is InChI=1S/C19H17ClN2O5/c1-2-17(24)21-11-4-5-15(23)13(8-11)19(25)22-12-9-14(20)18-16(10-12)26-6-3-7-27-18/h2,4-5,8-10,23H,1,3,6-7H2,(H,21,24)(H,22,25). The molecule has 0 saturated carbocycles. The number of hydrogen-bond acceptors (Lipinski definition) is 5. The van der Waals surface area contributed by atoms with Gasteiger partial charge in [0.25, 0.3) is 5.91 Å². The average Bonchev–Trinajstić information content (AvgIpc) is 2.89. The van der Waals surface area contributed by atoms with E-state index in [2.05, 4.69) is 17.2 Å². The summed E-state index contributed by atoms with van der Waals surface area (Å²) in [6.45, 7) is 4.34. The van der Waals surface area contributed by atoms with Gasteiger partial charge in [-0.05, 0) is 30.3 Å². The number of hydrogen-bond donors (Lipinski definition) is 3. The number of ether oxygens (including phenoxy) is 2. The lowest BCUT2D eigenvalue weighted by atomic mass is 10.1. The van der Waals surface area contributed by atoms with Crippen molar-refractivity contribution in [3.63, 3.8) is 0 Å². The second kappa shape index (κ2) is 8.01. The van der Waals surface area contributed by atoms with E-state index in [1.54, 1.807) is 6.07 Å². The van der Waals surface area contributed by atoms with Crippen molar-refractivity contribution in [2.24, 2.45) is 0 Å². The summed E-state index contributed by atoms with van der Waals surface area (Å²) in [6.07, 6.45) is 1.83. The first kappa shape index (κ1) is 18.6. The molecule has 8 heteroatoms. The summed E-state index contributed by atoms with van der Waals surface area (Å²) < 4.78 is 11.1. The molecule has 1 aliphatic heterocycles. The average molecular weight is 389 g/mol. The van der Waals surface area contributed by atoms with Crippen LogP contribution >= 0.6 is 11.6 Å². The van der Waals surface area contributed by atoms with Crippen LogP contribution in [0, 0.1) is 0 Å². The molecule has 0 bridgehead atoms. The van der Waals surface area contributed by atoms with Crippen LogP contribution in [0.25, 0.3) is 0 Å². The number of phenolic OH excluding ortho intramolecular Hbond substituents is 1. The molecule has 0 fully saturated rings. The molecule has 140 valence electrons. The molecule has 3 rings (SSSR count). The quantitative estimate of drug-likeness (QED) is 0.549. The molecule has 0 saturated heterocycles. The van der Waals surface area contributed by atoms with E-state index >= 15 is 0 Å². The predicted octanol–water partition coefficient (Wildman–Crippen LogP) is 3.58. The van der Waals surface area contributed by atoms with Gasteiger partial charge in [0.15, 0.2) is 11.5 Å². The molecule has 0 atom stereocenters. The van der Waals surface area contributed by atoms with Crippen LogP contribution < -0.4 is 20.1 Å². The van der Waals surface area contributed by atoms with Crippen LogP contribution in [-0.2, 0) is 4.79 Å². The highest BCUT2D eigenvalue weighted by atomic mass is 35.5. The molecule has 7 nitrogen and oxygen atoms in total. The molecule has 2 aromatic carbocycles.